The Balaban J connectivity index is 2.94. The highest BCUT2D eigenvalue weighted by atomic mass is 32.2. The summed E-state index contributed by atoms with van der Waals surface area (Å²) in [6.07, 6.45) is 0. The van der Waals surface area contributed by atoms with E-state index in [9.17, 15) is 23.3 Å². The number of nitro groups is 1. The van der Waals surface area contributed by atoms with Gasteiger partial charge in [-0.3, -0.25) is 14.7 Å². The SMILES string of the molecule is O=c1[nH]c2cc([N+](=O)[O-])c(S(=O)(=O)O)cc2[nH]1. The Bertz CT molecular complexity index is 770. The number of rotatable bonds is 2. The normalized spacial score (nSPS) is 11.8. The third-order valence-corrected chi connectivity index (χ3v) is 2.95. The molecule has 0 radical (unpaired) electrons. The molecule has 0 aliphatic heterocycles. The minimum absolute atomic E-state index is 0.0493. The van der Waals surface area contributed by atoms with Gasteiger partial charge in [-0.1, -0.05) is 0 Å². The number of benzene rings is 1. The zero-order valence-electron chi connectivity index (χ0n) is 8.00. The highest BCUT2D eigenvalue weighted by Gasteiger charge is 2.25. The third-order valence-electron chi connectivity index (χ3n) is 2.07. The van der Waals surface area contributed by atoms with Crippen LogP contribution in [0.25, 0.3) is 11.0 Å². The third kappa shape index (κ3) is 1.90. The van der Waals surface area contributed by atoms with Gasteiger partial charge in [0, 0.05) is 6.07 Å². The maximum atomic E-state index is 11.0. The molecule has 0 amide bonds. The van der Waals surface area contributed by atoms with E-state index in [1.807, 2.05) is 0 Å². The number of aromatic nitrogens is 2. The number of nitrogens with one attached hydrogen (secondary N) is 2. The summed E-state index contributed by atoms with van der Waals surface area (Å²) in [5.41, 5.74) is -1.32. The fourth-order valence-electron chi connectivity index (χ4n) is 1.40. The Kier molecular flexibility index (Phi) is 2.26. The number of hydrogen-bond donors (Lipinski definition) is 3. The summed E-state index contributed by atoms with van der Waals surface area (Å²) < 4.78 is 30.8. The lowest BCUT2D eigenvalue weighted by Crippen LogP contribution is -2.03. The molecule has 90 valence electrons. The molecular weight excluding hydrogens is 254 g/mol. The molecule has 0 fully saturated rings. The zero-order chi connectivity index (χ0) is 12.8. The predicted molar refractivity (Wildman–Crippen MR) is 55.4 cm³/mol. The van der Waals surface area contributed by atoms with Gasteiger partial charge < -0.3 is 9.97 Å². The van der Waals surface area contributed by atoms with Gasteiger partial charge in [-0.2, -0.15) is 8.42 Å². The number of H-pyrrole nitrogens is 2. The highest BCUT2D eigenvalue weighted by molar-refractivity contribution is 7.86. The van der Waals surface area contributed by atoms with Crippen molar-refractivity contribution in [3.05, 3.63) is 32.7 Å². The van der Waals surface area contributed by atoms with Crippen LogP contribution < -0.4 is 5.69 Å². The van der Waals surface area contributed by atoms with Crippen molar-refractivity contribution in [1.82, 2.24) is 9.97 Å². The fourth-order valence-corrected chi connectivity index (χ4v) is 2.06. The van der Waals surface area contributed by atoms with Crippen LogP contribution in [0.5, 0.6) is 0 Å². The molecule has 10 heteroatoms. The molecule has 0 bridgehead atoms. The lowest BCUT2D eigenvalue weighted by atomic mass is 10.3. The van der Waals surface area contributed by atoms with E-state index in [1.54, 1.807) is 0 Å². The summed E-state index contributed by atoms with van der Waals surface area (Å²) in [6.45, 7) is 0. The van der Waals surface area contributed by atoms with Crippen molar-refractivity contribution >= 4 is 26.8 Å². The second kappa shape index (κ2) is 3.40. The van der Waals surface area contributed by atoms with Crippen LogP contribution in [0.3, 0.4) is 0 Å². The summed E-state index contributed by atoms with van der Waals surface area (Å²) >= 11 is 0. The number of nitrogens with zero attached hydrogens (tertiary/aromatic N) is 1. The summed E-state index contributed by atoms with van der Waals surface area (Å²) in [6, 6.07) is 1.68. The number of fused-ring (bicyclic) bond motifs is 1. The van der Waals surface area contributed by atoms with Crippen LogP contribution in [-0.4, -0.2) is 27.9 Å². The van der Waals surface area contributed by atoms with Crippen LogP contribution >= 0.6 is 0 Å². The van der Waals surface area contributed by atoms with Crippen molar-refractivity contribution in [1.29, 1.82) is 0 Å². The maximum Gasteiger partial charge on any atom is 0.323 e. The van der Waals surface area contributed by atoms with E-state index in [0.29, 0.717) is 0 Å². The molecule has 3 N–H and O–H groups in total. The fraction of sp³-hybridized carbons (Fsp3) is 0. The highest BCUT2D eigenvalue weighted by Crippen LogP contribution is 2.27. The second-order valence-corrected chi connectivity index (χ2v) is 4.57. The zero-order valence-corrected chi connectivity index (χ0v) is 8.82. The van der Waals surface area contributed by atoms with Gasteiger partial charge in [0.25, 0.3) is 5.69 Å². The molecule has 0 spiro atoms. The van der Waals surface area contributed by atoms with Crippen molar-refractivity contribution in [2.24, 2.45) is 0 Å². The van der Waals surface area contributed by atoms with Gasteiger partial charge in [0.05, 0.1) is 16.0 Å². The van der Waals surface area contributed by atoms with Crippen molar-refractivity contribution in [3.63, 3.8) is 0 Å². The van der Waals surface area contributed by atoms with Crippen LogP contribution in [0, 0.1) is 10.1 Å². The van der Waals surface area contributed by atoms with E-state index in [0.717, 1.165) is 12.1 Å². The van der Waals surface area contributed by atoms with Crippen molar-refractivity contribution in [2.75, 3.05) is 0 Å². The quantitative estimate of drug-likeness (QED) is 0.393. The van der Waals surface area contributed by atoms with E-state index >= 15 is 0 Å². The van der Waals surface area contributed by atoms with E-state index in [1.165, 1.54) is 0 Å². The maximum absolute atomic E-state index is 11.0. The Hall–Kier alpha value is -2.20. The number of aromatic amines is 2. The minimum atomic E-state index is -4.74. The summed E-state index contributed by atoms with van der Waals surface area (Å²) in [4.78, 5) is 24.2. The first-order valence-electron chi connectivity index (χ1n) is 4.17. The molecule has 2 rings (SSSR count). The van der Waals surface area contributed by atoms with Gasteiger partial charge in [0.1, 0.15) is 0 Å². The van der Waals surface area contributed by atoms with Gasteiger partial charge in [0.15, 0.2) is 4.90 Å². The van der Waals surface area contributed by atoms with Gasteiger partial charge in [-0.15, -0.1) is 0 Å². The minimum Gasteiger partial charge on any atom is -0.306 e. The van der Waals surface area contributed by atoms with Gasteiger partial charge in [-0.25, -0.2) is 4.79 Å². The van der Waals surface area contributed by atoms with Crippen LogP contribution in [-0.2, 0) is 10.1 Å². The number of nitro benzene ring substituents is 1. The van der Waals surface area contributed by atoms with Crippen LogP contribution in [0.4, 0.5) is 5.69 Å². The Labute approximate surface area is 93.0 Å². The molecule has 9 nitrogen and oxygen atoms in total. The predicted octanol–water partition coefficient (Wildman–Crippen LogP) is 0.0111. The first-order chi connectivity index (χ1) is 7.79. The molecule has 1 aromatic carbocycles. The smallest absolute Gasteiger partial charge is 0.306 e. The van der Waals surface area contributed by atoms with Crippen LogP contribution in [0.2, 0.25) is 0 Å². The lowest BCUT2D eigenvalue weighted by molar-refractivity contribution is -0.387. The monoisotopic (exact) mass is 259 g/mol. The first kappa shape index (κ1) is 11.3. The molecule has 1 heterocycles. The molecule has 0 atom stereocenters. The molecule has 0 saturated heterocycles. The molecule has 1 aromatic heterocycles. The topological polar surface area (TPSA) is 146 Å². The largest absolute Gasteiger partial charge is 0.323 e. The van der Waals surface area contributed by atoms with Gasteiger partial charge in [0.2, 0.25) is 0 Å². The molecule has 0 saturated carbocycles. The average Bonchev–Trinajstić information content (AvgIpc) is 2.53. The molecule has 0 aliphatic carbocycles. The van der Waals surface area contributed by atoms with E-state index in [4.69, 9.17) is 4.55 Å². The van der Waals surface area contributed by atoms with E-state index in [-0.39, 0.29) is 11.0 Å². The average molecular weight is 259 g/mol. The summed E-state index contributed by atoms with van der Waals surface area (Å²) in [5, 5.41) is 10.6. The number of hydrogen-bond acceptors (Lipinski definition) is 5. The summed E-state index contributed by atoms with van der Waals surface area (Å²) in [5.74, 6) is 0. The van der Waals surface area contributed by atoms with Gasteiger partial charge >= 0.3 is 15.8 Å². The van der Waals surface area contributed by atoms with E-state index < -0.39 is 31.3 Å². The van der Waals surface area contributed by atoms with E-state index in [2.05, 4.69) is 9.97 Å². The van der Waals surface area contributed by atoms with Crippen LogP contribution in [0.15, 0.2) is 21.8 Å². The van der Waals surface area contributed by atoms with Gasteiger partial charge in [-0.05, 0) is 6.07 Å². The molecule has 0 aliphatic rings. The first-order valence-corrected chi connectivity index (χ1v) is 5.61. The van der Waals surface area contributed by atoms with Crippen molar-refractivity contribution in [3.8, 4) is 0 Å². The second-order valence-electron chi connectivity index (χ2n) is 3.18. The Morgan fingerprint density at radius 3 is 2.24 bits per heavy atom. The number of imidazole rings is 1. The van der Waals surface area contributed by atoms with Crippen molar-refractivity contribution < 1.29 is 17.9 Å². The standard InChI is InChI=1S/C7H5N3O6S/c11-7-8-3-1-5(10(12)13)6(17(14,15)16)2-4(3)9-7/h1-2H,(H2,8,9,11)(H,14,15,16). The molecule has 2 aromatic rings. The molecular formula is C7H5N3O6S. The van der Waals surface area contributed by atoms with Crippen molar-refractivity contribution in [2.45, 2.75) is 4.90 Å². The summed E-state index contributed by atoms with van der Waals surface area (Å²) in [7, 11) is -4.74. The Morgan fingerprint density at radius 2 is 1.76 bits per heavy atom. The molecule has 17 heavy (non-hydrogen) atoms. The lowest BCUT2D eigenvalue weighted by Gasteiger charge is -1.99. The van der Waals surface area contributed by atoms with Crippen LogP contribution in [0.1, 0.15) is 0 Å². The molecule has 0 unspecified atom stereocenters. The Morgan fingerprint density at radius 1 is 1.24 bits per heavy atom.